The van der Waals surface area contributed by atoms with E-state index in [9.17, 15) is 13.2 Å². The highest BCUT2D eigenvalue weighted by Gasteiger charge is 2.29. The second-order valence-electron chi connectivity index (χ2n) is 6.27. The molecule has 1 N–H and O–H groups in total. The van der Waals surface area contributed by atoms with Gasteiger partial charge in [0.2, 0.25) is 10.0 Å². The molecule has 1 unspecified atom stereocenters. The van der Waals surface area contributed by atoms with E-state index >= 15 is 0 Å². The molecule has 22 heavy (non-hydrogen) atoms. The van der Waals surface area contributed by atoms with Gasteiger partial charge in [0.05, 0.1) is 4.90 Å². The molecule has 122 valence electrons. The summed E-state index contributed by atoms with van der Waals surface area (Å²) in [6.07, 6.45) is 1.94. The smallest absolute Gasteiger partial charge is 0.251 e. The number of nitrogens with zero attached hydrogens (tertiary/aromatic N) is 1. The SMILES string of the molecule is CC1CCCN(S(=O)(=O)c2cccc(C(=O)NC(C)C)c2)C1. The summed E-state index contributed by atoms with van der Waals surface area (Å²) in [5, 5.41) is 2.78. The van der Waals surface area contributed by atoms with Crippen LogP contribution in [0.1, 0.15) is 44.0 Å². The van der Waals surface area contributed by atoms with E-state index in [1.54, 1.807) is 18.2 Å². The molecule has 2 rings (SSSR count). The Morgan fingerprint density at radius 3 is 2.73 bits per heavy atom. The van der Waals surface area contributed by atoms with Crippen molar-refractivity contribution in [1.29, 1.82) is 0 Å². The largest absolute Gasteiger partial charge is 0.350 e. The Morgan fingerprint density at radius 2 is 2.09 bits per heavy atom. The molecule has 6 heteroatoms. The maximum absolute atomic E-state index is 12.7. The van der Waals surface area contributed by atoms with Crippen LogP contribution in [0.3, 0.4) is 0 Å². The van der Waals surface area contributed by atoms with Crippen LogP contribution in [-0.2, 0) is 10.0 Å². The van der Waals surface area contributed by atoms with Crippen molar-refractivity contribution in [3.8, 4) is 0 Å². The predicted molar refractivity (Wildman–Crippen MR) is 86.2 cm³/mol. The summed E-state index contributed by atoms with van der Waals surface area (Å²) in [6.45, 7) is 6.90. The minimum Gasteiger partial charge on any atom is -0.350 e. The van der Waals surface area contributed by atoms with Crippen LogP contribution in [0.25, 0.3) is 0 Å². The van der Waals surface area contributed by atoms with Crippen molar-refractivity contribution in [3.05, 3.63) is 29.8 Å². The van der Waals surface area contributed by atoms with Crippen LogP contribution in [0, 0.1) is 5.92 Å². The predicted octanol–water partition coefficient (Wildman–Crippen LogP) is 2.25. The Hall–Kier alpha value is -1.40. The van der Waals surface area contributed by atoms with E-state index in [0.717, 1.165) is 12.8 Å². The third-order valence-corrected chi connectivity index (χ3v) is 5.63. The fourth-order valence-electron chi connectivity index (χ4n) is 2.66. The van der Waals surface area contributed by atoms with E-state index in [1.807, 2.05) is 13.8 Å². The van der Waals surface area contributed by atoms with Crippen molar-refractivity contribution in [3.63, 3.8) is 0 Å². The Morgan fingerprint density at radius 1 is 1.36 bits per heavy atom. The average molecular weight is 324 g/mol. The second-order valence-corrected chi connectivity index (χ2v) is 8.20. The van der Waals surface area contributed by atoms with Crippen molar-refractivity contribution in [2.45, 2.75) is 44.6 Å². The molecule has 1 saturated heterocycles. The molecule has 1 aliphatic heterocycles. The summed E-state index contributed by atoms with van der Waals surface area (Å²) in [4.78, 5) is 12.2. The first-order valence-electron chi connectivity index (χ1n) is 7.72. The van der Waals surface area contributed by atoms with Crippen LogP contribution in [-0.4, -0.2) is 37.8 Å². The molecule has 5 nitrogen and oxygen atoms in total. The van der Waals surface area contributed by atoms with Gasteiger partial charge in [-0.3, -0.25) is 4.79 Å². The summed E-state index contributed by atoms with van der Waals surface area (Å²) in [6, 6.07) is 6.29. The average Bonchev–Trinajstić information content (AvgIpc) is 2.46. The van der Waals surface area contributed by atoms with Gasteiger partial charge in [0.15, 0.2) is 0 Å². The Balaban J connectivity index is 2.26. The van der Waals surface area contributed by atoms with Gasteiger partial charge in [-0.2, -0.15) is 4.31 Å². The third-order valence-electron chi connectivity index (χ3n) is 3.77. The molecule has 0 saturated carbocycles. The fourth-order valence-corrected chi connectivity index (χ4v) is 4.30. The first-order chi connectivity index (χ1) is 10.3. The maximum Gasteiger partial charge on any atom is 0.251 e. The van der Waals surface area contributed by atoms with Gasteiger partial charge in [-0.25, -0.2) is 8.42 Å². The summed E-state index contributed by atoms with van der Waals surface area (Å²) >= 11 is 0. The van der Waals surface area contributed by atoms with E-state index in [-0.39, 0.29) is 16.8 Å². The quantitative estimate of drug-likeness (QED) is 0.924. The number of benzene rings is 1. The van der Waals surface area contributed by atoms with Crippen LogP contribution < -0.4 is 5.32 Å². The van der Waals surface area contributed by atoms with E-state index in [4.69, 9.17) is 0 Å². The fraction of sp³-hybridized carbons (Fsp3) is 0.562. The molecule has 1 fully saturated rings. The zero-order valence-corrected chi connectivity index (χ0v) is 14.2. The monoisotopic (exact) mass is 324 g/mol. The standard InChI is InChI=1S/C16H24N2O3S/c1-12(2)17-16(19)14-7-4-8-15(10-14)22(20,21)18-9-5-6-13(3)11-18/h4,7-8,10,12-13H,5-6,9,11H2,1-3H3,(H,17,19). The number of hydrogen-bond donors (Lipinski definition) is 1. The van der Waals surface area contributed by atoms with Gasteiger partial charge in [0.25, 0.3) is 5.91 Å². The number of rotatable bonds is 4. The van der Waals surface area contributed by atoms with Gasteiger partial charge >= 0.3 is 0 Å². The molecule has 1 aromatic carbocycles. The van der Waals surface area contributed by atoms with Crippen molar-refractivity contribution in [2.75, 3.05) is 13.1 Å². The van der Waals surface area contributed by atoms with Crippen molar-refractivity contribution >= 4 is 15.9 Å². The molecule has 0 radical (unpaired) electrons. The van der Waals surface area contributed by atoms with E-state index in [1.165, 1.54) is 10.4 Å². The lowest BCUT2D eigenvalue weighted by molar-refractivity contribution is 0.0943. The molecule has 1 atom stereocenters. The van der Waals surface area contributed by atoms with Crippen LogP contribution in [0.2, 0.25) is 0 Å². The number of nitrogens with one attached hydrogen (secondary N) is 1. The van der Waals surface area contributed by atoms with Gasteiger partial charge in [-0.05, 0) is 50.8 Å². The zero-order valence-electron chi connectivity index (χ0n) is 13.4. The van der Waals surface area contributed by atoms with E-state index in [2.05, 4.69) is 12.2 Å². The highest BCUT2D eigenvalue weighted by molar-refractivity contribution is 7.89. The van der Waals surface area contributed by atoms with Crippen molar-refractivity contribution < 1.29 is 13.2 Å². The molecule has 0 spiro atoms. The first-order valence-corrected chi connectivity index (χ1v) is 9.16. The molecule has 0 bridgehead atoms. The van der Waals surface area contributed by atoms with Gasteiger partial charge in [0, 0.05) is 24.7 Å². The Labute approximate surface area is 132 Å². The molecule has 1 aromatic rings. The highest BCUT2D eigenvalue weighted by Crippen LogP contribution is 2.23. The van der Waals surface area contributed by atoms with Gasteiger partial charge in [-0.1, -0.05) is 13.0 Å². The zero-order chi connectivity index (χ0) is 16.3. The number of sulfonamides is 1. The summed E-state index contributed by atoms with van der Waals surface area (Å²) < 4.78 is 27.0. The van der Waals surface area contributed by atoms with Crippen LogP contribution in [0.5, 0.6) is 0 Å². The van der Waals surface area contributed by atoms with Gasteiger partial charge in [0.1, 0.15) is 0 Å². The van der Waals surface area contributed by atoms with Crippen LogP contribution in [0.4, 0.5) is 0 Å². The third kappa shape index (κ3) is 3.87. The first kappa shape index (κ1) is 17.0. The number of hydrogen-bond acceptors (Lipinski definition) is 3. The molecule has 1 amide bonds. The lowest BCUT2D eigenvalue weighted by atomic mass is 10.0. The second kappa shape index (κ2) is 6.79. The number of piperidine rings is 1. The van der Waals surface area contributed by atoms with E-state index < -0.39 is 10.0 Å². The molecule has 0 aliphatic carbocycles. The van der Waals surface area contributed by atoms with Crippen molar-refractivity contribution in [2.24, 2.45) is 5.92 Å². The van der Waals surface area contributed by atoms with Crippen LogP contribution >= 0.6 is 0 Å². The lowest BCUT2D eigenvalue weighted by Crippen LogP contribution is -2.39. The molecule has 1 heterocycles. The van der Waals surface area contributed by atoms with Crippen LogP contribution in [0.15, 0.2) is 29.2 Å². The molecular weight excluding hydrogens is 300 g/mol. The molecular formula is C16H24N2O3S. The number of carbonyl (C=O) groups excluding carboxylic acids is 1. The summed E-state index contributed by atoms with van der Waals surface area (Å²) in [7, 11) is -3.53. The van der Waals surface area contributed by atoms with E-state index in [0.29, 0.717) is 24.6 Å². The molecule has 0 aromatic heterocycles. The lowest BCUT2D eigenvalue weighted by Gasteiger charge is -2.30. The van der Waals surface area contributed by atoms with Crippen molar-refractivity contribution in [1.82, 2.24) is 9.62 Å². The maximum atomic E-state index is 12.7. The highest BCUT2D eigenvalue weighted by atomic mass is 32.2. The summed E-state index contributed by atoms with van der Waals surface area (Å²) in [5.41, 5.74) is 0.375. The number of carbonyl (C=O) groups is 1. The molecule has 1 aliphatic rings. The normalized spacial score (nSPS) is 20.1. The minimum atomic E-state index is -3.53. The topological polar surface area (TPSA) is 66.5 Å². The number of amides is 1. The minimum absolute atomic E-state index is 0.00991. The Bertz CT molecular complexity index is 641. The van der Waals surface area contributed by atoms with Gasteiger partial charge < -0.3 is 5.32 Å². The Kier molecular flexibility index (Phi) is 5.24. The van der Waals surface area contributed by atoms with Gasteiger partial charge in [-0.15, -0.1) is 0 Å². The summed E-state index contributed by atoms with van der Waals surface area (Å²) in [5.74, 6) is 0.120.